The maximum Gasteiger partial charge on any atom is 0.265 e. The molecule has 0 saturated carbocycles. The topological polar surface area (TPSA) is 84.4 Å². The van der Waals surface area contributed by atoms with E-state index in [1.807, 2.05) is 12.1 Å². The molecule has 0 bridgehead atoms. The van der Waals surface area contributed by atoms with Gasteiger partial charge in [-0.25, -0.2) is 4.98 Å². The number of nitrogens with zero attached hydrogens (tertiary/aromatic N) is 2. The van der Waals surface area contributed by atoms with E-state index in [4.69, 9.17) is 10.2 Å². The van der Waals surface area contributed by atoms with Crippen molar-refractivity contribution in [3.8, 4) is 0 Å². The van der Waals surface area contributed by atoms with E-state index in [2.05, 4.69) is 15.2 Å². The van der Waals surface area contributed by atoms with E-state index >= 15 is 0 Å². The molecule has 7 heteroatoms. The Morgan fingerprint density at radius 2 is 2.29 bits per heavy atom. The fourth-order valence-corrected chi connectivity index (χ4v) is 3.31. The van der Waals surface area contributed by atoms with Gasteiger partial charge in [-0.15, -0.1) is 0 Å². The quantitative estimate of drug-likeness (QED) is 0.881. The number of furan rings is 1. The van der Waals surface area contributed by atoms with Gasteiger partial charge in [-0.2, -0.15) is 0 Å². The number of rotatable bonds is 5. The Kier molecular flexibility index (Phi) is 4.10. The highest BCUT2D eigenvalue weighted by atomic mass is 32.1. The van der Waals surface area contributed by atoms with Gasteiger partial charge in [-0.1, -0.05) is 11.3 Å². The molecule has 1 aliphatic heterocycles. The number of aromatic nitrogens is 1. The summed E-state index contributed by atoms with van der Waals surface area (Å²) in [6.45, 7) is 2.50. The van der Waals surface area contributed by atoms with Crippen LogP contribution < -0.4 is 16.0 Å². The molecule has 21 heavy (non-hydrogen) atoms. The summed E-state index contributed by atoms with van der Waals surface area (Å²) in [5.74, 6) is 1.00. The van der Waals surface area contributed by atoms with Crippen LogP contribution in [0, 0.1) is 0 Å². The SMILES string of the molecule is Nc1nc(N2CCCC2)sc1C(=O)NCCc1ccco1. The fourth-order valence-electron chi connectivity index (χ4n) is 2.36. The zero-order valence-corrected chi connectivity index (χ0v) is 12.5. The smallest absolute Gasteiger partial charge is 0.265 e. The summed E-state index contributed by atoms with van der Waals surface area (Å²) in [6, 6.07) is 3.72. The highest BCUT2D eigenvalue weighted by Crippen LogP contribution is 2.30. The summed E-state index contributed by atoms with van der Waals surface area (Å²) in [5.41, 5.74) is 5.87. The molecule has 0 atom stereocenters. The lowest BCUT2D eigenvalue weighted by molar-refractivity contribution is 0.0958. The average Bonchev–Trinajstić information content (AvgIpc) is 3.19. The molecule has 0 aromatic carbocycles. The van der Waals surface area contributed by atoms with Crippen molar-refractivity contribution in [2.24, 2.45) is 0 Å². The fraction of sp³-hybridized carbons (Fsp3) is 0.429. The van der Waals surface area contributed by atoms with Crippen LogP contribution in [0.3, 0.4) is 0 Å². The Hall–Kier alpha value is -2.02. The van der Waals surface area contributed by atoms with Crippen molar-refractivity contribution < 1.29 is 9.21 Å². The second kappa shape index (κ2) is 6.17. The maximum absolute atomic E-state index is 12.2. The predicted octanol–water partition coefficient (Wildman–Crippen LogP) is 1.89. The third-order valence-electron chi connectivity index (χ3n) is 3.46. The van der Waals surface area contributed by atoms with E-state index in [9.17, 15) is 4.79 Å². The van der Waals surface area contributed by atoms with Crippen molar-refractivity contribution in [3.05, 3.63) is 29.0 Å². The van der Waals surface area contributed by atoms with Crippen molar-refractivity contribution in [3.63, 3.8) is 0 Å². The first-order valence-corrected chi connectivity index (χ1v) is 7.87. The van der Waals surface area contributed by atoms with E-state index in [0.717, 1.165) is 24.0 Å². The number of thiazole rings is 1. The number of carbonyl (C=O) groups excluding carboxylic acids is 1. The van der Waals surface area contributed by atoms with Crippen molar-refractivity contribution in [2.45, 2.75) is 19.3 Å². The molecule has 3 rings (SSSR count). The molecule has 1 aliphatic rings. The Morgan fingerprint density at radius 1 is 1.48 bits per heavy atom. The lowest BCUT2D eigenvalue weighted by atomic mass is 10.3. The maximum atomic E-state index is 12.2. The Bertz CT molecular complexity index is 603. The van der Waals surface area contributed by atoms with Crippen molar-refractivity contribution in [1.29, 1.82) is 0 Å². The normalized spacial score (nSPS) is 14.6. The van der Waals surface area contributed by atoms with Crippen LogP contribution in [-0.4, -0.2) is 30.5 Å². The van der Waals surface area contributed by atoms with Crippen molar-refractivity contribution in [2.75, 3.05) is 30.3 Å². The number of hydrogen-bond donors (Lipinski definition) is 2. The summed E-state index contributed by atoms with van der Waals surface area (Å²) in [5, 5.41) is 3.70. The predicted molar refractivity (Wildman–Crippen MR) is 82.7 cm³/mol. The summed E-state index contributed by atoms with van der Waals surface area (Å²) in [4.78, 5) is 19.1. The Labute approximate surface area is 127 Å². The summed E-state index contributed by atoms with van der Waals surface area (Å²) < 4.78 is 5.22. The second-order valence-corrected chi connectivity index (χ2v) is 5.97. The number of nitrogens with one attached hydrogen (secondary N) is 1. The van der Waals surface area contributed by atoms with Crippen molar-refractivity contribution in [1.82, 2.24) is 10.3 Å². The summed E-state index contributed by atoms with van der Waals surface area (Å²) >= 11 is 1.37. The highest BCUT2D eigenvalue weighted by molar-refractivity contribution is 7.18. The molecule has 0 unspecified atom stereocenters. The minimum atomic E-state index is -0.165. The second-order valence-electron chi connectivity index (χ2n) is 4.99. The number of nitrogen functional groups attached to an aromatic ring is 1. The third kappa shape index (κ3) is 3.18. The number of amides is 1. The number of carbonyl (C=O) groups is 1. The summed E-state index contributed by atoms with van der Waals surface area (Å²) in [7, 11) is 0. The molecule has 1 amide bonds. The number of hydrogen-bond acceptors (Lipinski definition) is 6. The first kappa shape index (κ1) is 13.9. The molecule has 112 valence electrons. The molecule has 0 aliphatic carbocycles. The van der Waals surface area contributed by atoms with Crippen LogP contribution in [0.15, 0.2) is 22.8 Å². The van der Waals surface area contributed by atoms with Gasteiger partial charge < -0.3 is 20.4 Å². The molecule has 6 nitrogen and oxygen atoms in total. The van der Waals surface area contributed by atoms with Crippen molar-refractivity contribution >= 4 is 28.2 Å². The largest absolute Gasteiger partial charge is 0.469 e. The minimum Gasteiger partial charge on any atom is -0.469 e. The zero-order chi connectivity index (χ0) is 14.7. The van der Waals surface area contributed by atoms with Crippen LogP contribution in [-0.2, 0) is 6.42 Å². The molecule has 1 saturated heterocycles. The molecule has 2 aromatic rings. The van der Waals surface area contributed by atoms with Gasteiger partial charge in [-0.3, -0.25) is 4.79 Å². The van der Waals surface area contributed by atoms with E-state index in [1.54, 1.807) is 6.26 Å². The first-order valence-electron chi connectivity index (χ1n) is 7.06. The number of nitrogens with two attached hydrogens (primary N) is 1. The van der Waals surface area contributed by atoms with E-state index < -0.39 is 0 Å². The third-order valence-corrected chi connectivity index (χ3v) is 4.59. The van der Waals surface area contributed by atoms with Crippen LogP contribution in [0.1, 0.15) is 28.3 Å². The van der Waals surface area contributed by atoms with Gasteiger partial charge in [0.1, 0.15) is 16.5 Å². The van der Waals surface area contributed by atoms with Gasteiger partial charge in [0.15, 0.2) is 5.13 Å². The molecule has 3 N–H and O–H groups in total. The lowest BCUT2D eigenvalue weighted by Gasteiger charge is -2.11. The highest BCUT2D eigenvalue weighted by Gasteiger charge is 2.21. The van der Waals surface area contributed by atoms with E-state index in [0.29, 0.717) is 23.7 Å². The van der Waals surface area contributed by atoms with E-state index in [-0.39, 0.29) is 5.91 Å². The van der Waals surface area contributed by atoms with Gasteiger partial charge in [0.2, 0.25) is 0 Å². The Morgan fingerprint density at radius 3 is 3.00 bits per heavy atom. The van der Waals surface area contributed by atoms with Crippen LogP contribution >= 0.6 is 11.3 Å². The monoisotopic (exact) mass is 306 g/mol. The Balaban J connectivity index is 1.58. The van der Waals surface area contributed by atoms with Crippen LogP contribution in [0.2, 0.25) is 0 Å². The molecule has 0 radical (unpaired) electrons. The zero-order valence-electron chi connectivity index (χ0n) is 11.7. The molecule has 0 spiro atoms. The van der Waals surface area contributed by atoms with Crippen LogP contribution in [0.5, 0.6) is 0 Å². The van der Waals surface area contributed by atoms with E-state index in [1.165, 1.54) is 24.2 Å². The van der Waals surface area contributed by atoms with Crippen LogP contribution in [0.4, 0.5) is 10.9 Å². The van der Waals surface area contributed by atoms with Gasteiger partial charge in [-0.05, 0) is 25.0 Å². The van der Waals surface area contributed by atoms with Gasteiger partial charge in [0, 0.05) is 26.1 Å². The lowest BCUT2D eigenvalue weighted by Crippen LogP contribution is -2.25. The summed E-state index contributed by atoms with van der Waals surface area (Å²) in [6.07, 6.45) is 4.63. The molecular weight excluding hydrogens is 288 g/mol. The molecule has 3 heterocycles. The molecule has 1 fully saturated rings. The standard InChI is InChI=1S/C14H18N4O2S/c15-12-11(21-14(17-12)18-7-1-2-8-18)13(19)16-6-5-10-4-3-9-20-10/h3-4,9H,1-2,5-8,15H2,(H,16,19). The average molecular weight is 306 g/mol. The van der Waals surface area contributed by atoms with Gasteiger partial charge >= 0.3 is 0 Å². The molecular formula is C14H18N4O2S. The van der Waals surface area contributed by atoms with Gasteiger partial charge in [0.25, 0.3) is 5.91 Å². The molecule has 2 aromatic heterocycles. The van der Waals surface area contributed by atoms with Crippen LogP contribution in [0.25, 0.3) is 0 Å². The first-order chi connectivity index (χ1) is 10.2. The van der Waals surface area contributed by atoms with Gasteiger partial charge in [0.05, 0.1) is 6.26 Å². The minimum absolute atomic E-state index is 0.165. The number of anilines is 2.